The van der Waals surface area contributed by atoms with Crippen LogP contribution >= 0.6 is 0 Å². The number of benzene rings is 1. The quantitative estimate of drug-likeness (QED) is 0.864. The molecule has 1 fully saturated rings. The predicted octanol–water partition coefficient (Wildman–Crippen LogP) is 2.75. The normalized spacial score (nSPS) is 18.2. The Morgan fingerprint density at radius 3 is 2.43 bits per heavy atom. The lowest BCUT2D eigenvalue weighted by atomic mass is 9.95. The summed E-state index contributed by atoms with van der Waals surface area (Å²) in [6.45, 7) is 1.76. The Hall–Kier alpha value is -2.00. The van der Waals surface area contributed by atoms with Crippen molar-refractivity contribution in [2.75, 3.05) is 19.6 Å². The highest BCUT2D eigenvalue weighted by Gasteiger charge is 2.42. The Bertz CT molecular complexity index is 557. The summed E-state index contributed by atoms with van der Waals surface area (Å²) in [7, 11) is 0. The Labute approximate surface area is 133 Å². The minimum Gasteiger partial charge on any atom is -0.341 e. The second-order valence-corrected chi connectivity index (χ2v) is 5.65. The minimum atomic E-state index is -4.53. The van der Waals surface area contributed by atoms with Gasteiger partial charge in [-0.05, 0) is 31.5 Å². The largest absolute Gasteiger partial charge is 0.412 e. The molecule has 1 atom stereocenters. The summed E-state index contributed by atoms with van der Waals surface area (Å²) in [5.74, 6) is 1.58. The molecule has 6 heteroatoms. The standard InChI is InChI=1S/C17H19F3N2O/c1-2-10-22-11-8-14(9-12-22)16(23)21-15(17(18,19)20)13-6-4-3-5-7-13/h1,3-7,14-15H,8-12H2,(H,21,23). The number of rotatable bonds is 4. The third-order valence-electron chi connectivity index (χ3n) is 4.02. The van der Waals surface area contributed by atoms with E-state index >= 15 is 0 Å². The molecule has 1 N–H and O–H groups in total. The lowest BCUT2D eigenvalue weighted by molar-refractivity contribution is -0.165. The van der Waals surface area contributed by atoms with Crippen LogP contribution in [0.1, 0.15) is 24.4 Å². The van der Waals surface area contributed by atoms with Crippen LogP contribution in [0.4, 0.5) is 13.2 Å². The Balaban J connectivity index is 2.01. The number of piperidine rings is 1. The number of terminal acetylenes is 1. The van der Waals surface area contributed by atoms with Crippen LogP contribution in [0.25, 0.3) is 0 Å². The van der Waals surface area contributed by atoms with E-state index in [0.29, 0.717) is 32.5 Å². The molecule has 0 aliphatic carbocycles. The van der Waals surface area contributed by atoms with Crippen molar-refractivity contribution in [3.05, 3.63) is 35.9 Å². The van der Waals surface area contributed by atoms with Gasteiger partial charge in [0.15, 0.2) is 6.04 Å². The zero-order valence-electron chi connectivity index (χ0n) is 12.6. The average molecular weight is 324 g/mol. The topological polar surface area (TPSA) is 32.3 Å². The fraction of sp³-hybridized carbons (Fsp3) is 0.471. The Morgan fingerprint density at radius 2 is 1.91 bits per heavy atom. The van der Waals surface area contributed by atoms with Crippen LogP contribution in [0.3, 0.4) is 0 Å². The molecule has 2 rings (SSSR count). The maximum atomic E-state index is 13.3. The number of nitrogens with one attached hydrogen (secondary N) is 1. The zero-order chi connectivity index (χ0) is 16.9. The SMILES string of the molecule is C#CCN1CCC(C(=O)NC(c2ccccc2)C(F)(F)F)CC1. The lowest BCUT2D eigenvalue weighted by Crippen LogP contribution is -2.44. The number of likely N-dealkylation sites (tertiary alicyclic amines) is 1. The molecule has 0 saturated carbocycles. The van der Waals surface area contributed by atoms with Crippen LogP contribution in [-0.2, 0) is 4.79 Å². The molecule has 1 aromatic rings. The van der Waals surface area contributed by atoms with Gasteiger partial charge in [-0.3, -0.25) is 9.69 Å². The summed E-state index contributed by atoms with van der Waals surface area (Å²) in [4.78, 5) is 14.2. The van der Waals surface area contributed by atoms with Crippen LogP contribution in [0, 0.1) is 18.3 Å². The molecule has 3 nitrogen and oxygen atoms in total. The van der Waals surface area contributed by atoms with Gasteiger partial charge in [0.25, 0.3) is 0 Å². The molecule has 0 radical (unpaired) electrons. The molecular weight excluding hydrogens is 305 g/mol. The molecule has 1 saturated heterocycles. The summed E-state index contributed by atoms with van der Waals surface area (Å²) in [5.41, 5.74) is 0.0399. The fourth-order valence-electron chi connectivity index (χ4n) is 2.74. The van der Waals surface area contributed by atoms with Crippen molar-refractivity contribution >= 4 is 5.91 Å². The second-order valence-electron chi connectivity index (χ2n) is 5.65. The number of carbonyl (C=O) groups excluding carboxylic acids is 1. The van der Waals surface area contributed by atoms with Crippen LogP contribution in [0.2, 0.25) is 0 Å². The molecule has 1 aromatic carbocycles. The minimum absolute atomic E-state index is 0.0399. The van der Waals surface area contributed by atoms with E-state index in [1.807, 2.05) is 4.90 Å². The van der Waals surface area contributed by atoms with Crippen LogP contribution in [0.15, 0.2) is 30.3 Å². The van der Waals surface area contributed by atoms with Gasteiger partial charge in [-0.1, -0.05) is 36.3 Å². The maximum Gasteiger partial charge on any atom is 0.412 e. The van der Waals surface area contributed by atoms with Crippen LogP contribution in [-0.4, -0.2) is 36.6 Å². The van der Waals surface area contributed by atoms with Crippen molar-refractivity contribution in [2.24, 2.45) is 5.92 Å². The van der Waals surface area contributed by atoms with Crippen molar-refractivity contribution < 1.29 is 18.0 Å². The maximum absolute atomic E-state index is 13.3. The molecule has 1 amide bonds. The van der Waals surface area contributed by atoms with E-state index in [1.54, 1.807) is 6.07 Å². The van der Waals surface area contributed by atoms with Crippen molar-refractivity contribution in [1.82, 2.24) is 10.2 Å². The van der Waals surface area contributed by atoms with E-state index < -0.39 is 24.0 Å². The smallest absolute Gasteiger partial charge is 0.341 e. The second kappa shape index (κ2) is 7.51. The average Bonchev–Trinajstić information content (AvgIpc) is 2.53. The molecule has 1 aliphatic heterocycles. The molecule has 0 aromatic heterocycles. The Morgan fingerprint density at radius 1 is 1.30 bits per heavy atom. The van der Waals surface area contributed by atoms with Crippen LogP contribution in [0.5, 0.6) is 0 Å². The van der Waals surface area contributed by atoms with Crippen molar-refractivity contribution in [3.63, 3.8) is 0 Å². The summed E-state index contributed by atoms with van der Waals surface area (Å²) in [6.07, 6.45) is 1.75. The third-order valence-corrected chi connectivity index (χ3v) is 4.02. The summed E-state index contributed by atoms with van der Waals surface area (Å²) in [5, 5.41) is 2.17. The Kier molecular flexibility index (Phi) is 5.67. The van der Waals surface area contributed by atoms with Crippen molar-refractivity contribution in [1.29, 1.82) is 0 Å². The molecule has 1 heterocycles. The van der Waals surface area contributed by atoms with Crippen LogP contribution < -0.4 is 5.32 Å². The van der Waals surface area contributed by atoms with Crippen molar-refractivity contribution in [2.45, 2.75) is 25.1 Å². The van der Waals surface area contributed by atoms with E-state index in [2.05, 4.69) is 11.2 Å². The molecular formula is C17H19F3N2O. The van der Waals surface area contributed by atoms with Gasteiger partial charge in [-0.2, -0.15) is 13.2 Å². The van der Waals surface area contributed by atoms with E-state index in [0.717, 1.165) is 0 Å². The van der Waals surface area contributed by atoms with Gasteiger partial charge in [-0.25, -0.2) is 0 Å². The molecule has 1 unspecified atom stereocenters. The highest BCUT2D eigenvalue weighted by Crippen LogP contribution is 2.33. The van der Waals surface area contributed by atoms with Gasteiger partial charge in [0.1, 0.15) is 0 Å². The number of alkyl halides is 3. The summed E-state index contributed by atoms with van der Waals surface area (Å²) in [6, 6.07) is 5.46. The van der Waals surface area contributed by atoms with Gasteiger partial charge < -0.3 is 5.32 Å². The number of hydrogen-bond acceptors (Lipinski definition) is 2. The highest BCUT2D eigenvalue weighted by atomic mass is 19.4. The lowest BCUT2D eigenvalue weighted by Gasteiger charge is -2.31. The number of amides is 1. The molecule has 124 valence electrons. The van der Waals surface area contributed by atoms with Gasteiger partial charge in [-0.15, -0.1) is 6.42 Å². The monoisotopic (exact) mass is 324 g/mol. The van der Waals surface area contributed by atoms with Gasteiger partial charge in [0.05, 0.1) is 6.54 Å². The number of hydrogen-bond donors (Lipinski definition) is 1. The van der Waals surface area contributed by atoms with E-state index in [1.165, 1.54) is 24.3 Å². The first-order valence-corrected chi connectivity index (χ1v) is 7.49. The molecule has 1 aliphatic rings. The first-order chi connectivity index (χ1) is 10.9. The van der Waals surface area contributed by atoms with E-state index in [4.69, 9.17) is 6.42 Å². The van der Waals surface area contributed by atoms with E-state index in [9.17, 15) is 18.0 Å². The predicted molar refractivity (Wildman–Crippen MR) is 81.4 cm³/mol. The highest BCUT2D eigenvalue weighted by molar-refractivity contribution is 5.79. The summed E-state index contributed by atoms with van der Waals surface area (Å²) < 4.78 is 39.8. The number of carbonyl (C=O) groups is 1. The first-order valence-electron chi connectivity index (χ1n) is 7.49. The molecule has 0 spiro atoms. The third kappa shape index (κ3) is 4.73. The van der Waals surface area contributed by atoms with Gasteiger partial charge >= 0.3 is 6.18 Å². The fourth-order valence-corrected chi connectivity index (χ4v) is 2.74. The van der Waals surface area contributed by atoms with E-state index in [-0.39, 0.29) is 5.56 Å². The van der Waals surface area contributed by atoms with Gasteiger partial charge in [0.2, 0.25) is 5.91 Å². The van der Waals surface area contributed by atoms with Crippen molar-refractivity contribution in [3.8, 4) is 12.3 Å². The first kappa shape index (κ1) is 17.4. The zero-order valence-corrected chi connectivity index (χ0v) is 12.6. The van der Waals surface area contributed by atoms with Gasteiger partial charge in [0, 0.05) is 5.92 Å². The number of halogens is 3. The summed E-state index contributed by atoms with van der Waals surface area (Å²) >= 11 is 0. The molecule has 23 heavy (non-hydrogen) atoms. The molecule has 0 bridgehead atoms. The number of nitrogens with zero attached hydrogens (tertiary/aromatic N) is 1.